The maximum absolute atomic E-state index is 14.1. The van der Waals surface area contributed by atoms with Crippen molar-refractivity contribution in [2.24, 2.45) is 0 Å². The predicted molar refractivity (Wildman–Crippen MR) is 110 cm³/mol. The first-order valence-corrected chi connectivity index (χ1v) is 9.37. The molecule has 0 atom stereocenters. The van der Waals surface area contributed by atoms with Gasteiger partial charge in [-0.15, -0.1) is 0 Å². The highest BCUT2D eigenvalue weighted by Crippen LogP contribution is 2.34. The van der Waals surface area contributed by atoms with E-state index >= 15 is 0 Å². The molecule has 2 aromatic carbocycles. The van der Waals surface area contributed by atoms with E-state index in [0.29, 0.717) is 12.1 Å². The van der Waals surface area contributed by atoms with Gasteiger partial charge in [0.2, 0.25) is 0 Å². The number of aryl methyl sites for hydroxylation is 2. The van der Waals surface area contributed by atoms with E-state index in [1.54, 1.807) is 6.07 Å². The SMILES string of the molecule is CCc1c(C)nc2c(ccn2Cc2ccccc2F)c1-c1ccc(C)cc1. The molecular weight excluding hydrogens is 335 g/mol. The Hall–Kier alpha value is -2.94. The number of hydrogen-bond acceptors (Lipinski definition) is 1. The molecule has 0 aliphatic heterocycles. The molecule has 2 heterocycles. The van der Waals surface area contributed by atoms with E-state index in [1.807, 2.05) is 22.9 Å². The van der Waals surface area contributed by atoms with E-state index in [4.69, 9.17) is 4.98 Å². The Balaban J connectivity index is 1.91. The van der Waals surface area contributed by atoms with Crippen LogP contribution in [-0.4, -0.2) is 9.55 Å². The van der Waals surface area contributed by atoms with Gasteiger partial charge in [0.1, 0.15) is 11.5 Å². The van der Waals surface area contributed by atoms with Crippen LogP contribution < -0.4 is 0 Å². The molecule has 0 aliphatic carbocycles. The largest absolute Gasteiger partial charge is 0.328 e. The second kappa shape index (κ2) is 6.99. The van der Waals surface area contributed by atoms with E-state index in [2.05, 4.69) is 51.1 Å². The summed E-state index contributed by atoms with van der Waals surface area (Å²) in [7, 11) is 0. The minimum Gasteiger partial charge on any atom is -0.328 e. The maximum Gasteiger partial charge on any atom is 0.141 e. The molecule has 3 heteroatoms. The van der Waals surface area contributed by atoms with Gasteiger partial charge < -0.3 is 4.57 Å². The highest BCUT2D eigenvalue weighted by molar-refractivity contribution is 5.95. The number of aromatic nitrogens is 2. The summed E-state index contributed by atoms with van der Waals surface area (Å²) in [5.41, 5.74) is 7.58. The molecule has 0 amide bonds. The zero-order chi connectivity index (χ0) is 19.0. The van der Waals surface area contributed by atoms with Gasteiger partial charge in [-0.25, -0.2) is 9.37 Å². The van der Waals surface area contributed by atoms with Crippen LogP contribution in [0.1, 0.15) is 29.3 Å². The lowest BCUT2D eigenvalue weighted by Crippen LogP contribution is -2.04. The van der Waals surface area contributed by atoms with Gasteiger partial charge in [-0.1, -0.05) is 55.0 Å². The fourth-order valence-electron chi connectivity index (χ4n) is 3.77. The molecule has 0 N–H and O–H groups in total. The lowest BCUT2D eigenvalue weighted by Gasteiger charge is -2.14. The third kappa shape index (κ3) is 3.14. The molecule has 0 saturated carbocycles. The third-order valence-electron chi connectivity index (χ3n) is 5.21. The van der Waals surface area contributed by atoms with Crippen LogP contribution in [0, 0.1) is 19.7 Å². The fraction of sp³-hybridized carbons (Fsp3) is 0.208. The van der Waals surface area contributed by atoms with Crippen molar-refractivity contribution in [3.63, 3.8) is 0 Å². The monoisotopic (exact) mass is 358 g/mol. The summed E-state index contributed by atoms with van der Waals surface area (Å²) in [6, 6.07) is 17.7. The van der Waals surface area contributed by atoms with Crippen molar-refractivity contribution in [3.8, 4) is 11.1 Å². The lowest BCUT2D eigenvalue weighted by atomic mass is 9.94. The molecule has 0 radical (unpaired) electrons. The van der Waals surface area contributed by atoms with Gasteiger partial charge in [0.15, 0.2) is 0 Å². The number of fused-ring (bicyclic) bond motifs is 1. The molecule has 27 heavy (non-hydrogen) atoms. The number of nitrogens with zero attached hydrogens (tertiary/aromatic N) is 2. The Morgan fingerprint density at radius 2 is 1.70 bits per heavy atom. The number of benzene rings is 2. The molecular formula is C24H23FN2. The van der Waals surface area contributed by atoms with Crippen LogP contribution in [0.25, 0.3) is 22.2 Å². The normalized spacial score (nSPS) is 11.3. The zero-order valence-electron chi connectivity index (χ0n) is 16.0. The summed E-state index contributed by atoms with van der Waals surface area (Å²) in [6.45, 7) is 6.81. The topological polar surface area (TPSA) is 17.8 Å². The van der Waals surface area contributed by atoms with Crippen LogP contribution in [0.3, 0.4) is 0 Å². The first-order valence-electron chi connectivity index (χ1n) is 9.37. The summed E-state index contributed by atoms with van der Waals surface area (Å²) >= 11 is 0. The molecule has 0 aliphatic rings. The summed E-state index contributed by atoms with van der Waals surface area (Å²) in [5.74, 6) is -0.181. The van der Waals surface area contributed by atoms with Gasteiger partial charge in [-0.2, -0.15) is 0 Å². The van der Waals surface area contributed by atoms with E-state index in [9.17, 15) is 4.39 Å². The van der Waals surface area contributed by atoms with Crippen LogP contribution in [0.2, 0.25) is 0 Å². The van der Waals surface area contributed by atoms with Crippen LogP contribution >= 0.6 is 0 Å². The molecule has 4 aromatic rings. The number of pyridine rings is 1. The molecule has 0 bridgehead atoms. The van der Waals surface area contributed by atoms with Crippen molar-refractivity contribution in [1.29, 1.82) is 0 Å². The average Bonchev–Trinajstić information content (AvgIpc) is 3.05. The highest BCUT2D eigenvalue weighted by Gasteiger charge is 2.16. The van der Waals surface area contributed by atoms with Gasteiger partial charge in [-0.3, -0.25) is 0 Å². The smallest absolute Gasteiger partial charge is 0.141 e. The highest BCUT2D eigenvalue weighted by atomic mass is 19.1. The minimum absolute atomic E-state index is 0.181. The first kappa shape index (κ1) is 17.5. The van der Waals surface area contributed by atoms with E-state index in [0.717, 1.165) is 23.1 Å². The Morgan fingerprint density at radius 1 is 0.963 bits per heavy atom. The summed E-state index contributed by atoms with van der Waals surface area (Å²) in [4.78, 5) is 4.88. The van der Waals surface area contributed by atoms with Gasteiger partial charge >= 0.3 is 0 Å². The molecule has 136 valence electrons. The lowest BCUT2D eigenvalue weighted by molar-refractivity contribution is 0.601. The van der Waals surface area contributed by atoms with Gasteiger partial charge in [0.05, 0.1) is 6.54 Å². The second-order valence-electron chi connectivity index (χ2n) is 7.04. The minimum atomic E-state index is -0.181. The van der Waals surface area contributed by atoms with Crippen molar-refractivity contribution < 1.29 is 4.39 Å². The Morgan fingerprint density at radius 3 is 2.41 bits per heavy atom. The Kier molecular flexibility index (Phi) is 4.53. The van der Waals surface area contributed by atoms with Crippen molar-refractivity contribution in [2.45, 2.75) is 33.7 Å². The molecule has 4 rings (SSSR count). The summed E-state index contributed by atoms with van der Waals surface area (Å²) in [5, 5.41) is 1.12. The van der Waals surface area contributed by atoms with E-state index in [1.165, 1.54) is 28.3 Å². The Labute approximate surface area is 159 Å². The molecule has 0 unspecified atom stereocenters. The molecule has 0 saturated heterocycles. The van der Waals surface area contributed by atoms with E-state index < -0.39 is 0 Å². The zero-order valence-corrected chi connectivity index (χ0v) is 16.0. The summed E-state index contributed by atoms with van der Waals surface area (Å²) in [6.07, 6.45) is 2.94. The number of halogens is 1. The predicted octanol–water partition coefficient (Wildman–Crippen LogP) is 6.07. The first-order chi connectivity index (χ1) is 13.1. The van der Waals surface area contributed by atoms with Crippen molar-refractivity contribution >= 4 is 11.0 Å². The fourth-order valence-corrected chi connectivity index (χ4v) is 3.77. The van der Waals surface area contributed by atoms with Gasteiger partial charge in [-0.05, 0) is 49.1 Å². The van der Waals surface area contributed by atoms with Gasteiger partial charge in [0.25, 0.3) is 0 Å². The van der Waals surface area contributed by atoms with Crippen molar-refractivity contribution in [1.82, 2.24) is 9.55 Å². The number of rotatable bonds is 4. The molecule has 2 aromatic heterocycles. The molecule has 0 spiro atoms. The van der Waals surface area contributed by atoms with Crippen molar-refractivity contribution in [3.05, 3.63) is 89.0 Å². The maximum atomic E-state index is 14.1. The second-order valence-corrected chi connectivity index (χ2v) is 7.04. The Bertz CT molecular complexity index is 1110. The quantitative estimate of drug-likeness (QED) is 0.433. The third-order valence-corrected chi connectivity index (χ3v) is 5.21. The molecule has 2 nitrogen and oxygen atoms in total. The van der Waals surface area contributed by atoms with Crippen LogP contribution in [0.15, 0.2) is 60.8 Å². The standard InChI is InChI=1S/C24H23FN2/c1-4-20-17(3)26-24-21(23(20)18-11-9-16(2)10-12-18)13-14-27(24)15-19-7-5-6-8-22(19)25/h5-14H,4,15H2,1-3H3. The average molecular weight is 358 g/mol. The summed E-state index contributed by atoms with van der Waals surface area (Å²) < 4.78 is 16.2. The van der Waals surface area contributed by atoms with Crippen LogP contribution in [-0.2, 0) is 13.0 Å². The van der Waals surface area contributed by atoms with Gasteiger partial charge in [0, 0.05) is 22.8 Å². The van der Waals surface area contributed by atoms with Crippen LogP contribution in [0.5, 0.6) is 0 Å². The van der Waals surface area contributed by atoms with E-state index in [-0.39, 0.29) is 5.82 Å². The van der Waals surface area contributed by atoms with Crippen molar-refractivity contribution in [2.75, 3.05) is 0 Å². The number of hydrogen-bond donors (Lipinski definition) is 0. The molecule has 0 fully saturated rings. The van der Waals surface area contributed by atoms with Crippen LogP contribution in [0.4, 0.5) is 4.39 Å².